The Morgan fingerprint density at radius 1 is 1.15 bits per heavy atom. The molecule has 5 nitrogen and oxygen atoms in total. The Bertz CT molecular complexity index is 757. The van der Waals surface area contributed by atoms with Gasteiger partial charge in [-0.15, -0.1) is 13.2 Å². The van der Waals surface area contributed by atoms with Gasteiger partial charge in [-0.2, -0.15) is 0 Å². The summed E-state index contributed by atoms with van der Waals surface area (Å²) in [6, 6.07) is 8.98. The number of carbonyl (C=O) groups is 1. The highest BCUT2D eigenvalue weighted by Gasteiger charge is 2.30. The Morgan fingerprint density at radius 3 is 2.50 bits per heavy atom. The molecule has 1 amide bonds. The van der Waals surface area contributed by atoms with Gasteiger partial charge < -0.3 is 15.0 Å². The van der Waals surface area contributed by atoms with Crippen LogP contribution in [-0.2, 0) is 6.54 Å². The maximum atomic E-state index is 12.3. The number of alkyl halides is 3. The number of pyridine rings is 1. The molecule has 2 heterocycles. The fraction of sp³-hybridized carbons (Fsp3) is 0.333. The minimum atomic E-state index is -4.72. The lowest BCUT2D eigenvalue weighted by Gasteiger charge is -2.17. The molecule has 0 spiro atoms. The predicted molar refractivity (Wildman–Crippen MR) is 90.0 cm³/mol. The lowest BCUT2D eigenvalue weighted by Crippen LogP contribution is -2.25. The van der Waals surface area contributed by atoms with Crippen molar-refractivity contribution in [3.05, 3.63) is 53.9 Å². The molecule has 1 aliphatic heterocycles. The molecule has 8 heteroatoms. The zero-order valence-corrected chi connectivity index (χ0v) is 13.9. The first-order valence-electron chi connectivity index (χ1n) is 8.25. The molecule has 138 valence electrons. The number of aromatic nitrogens is 1. The van der Waals surface area contributed by atoms with Crippen LogP contribution in [0.2, 0.25) is 0 Å². The van der Waals surface area contributed by atoms with Gasteiger partial charge in [-0.1, -0.05) is 12.1 Å². The van der Waals surface area contributed by atoms with E-state index in [0.717, 1.165) is 31.6 Å². The molecular formula is C18H18F3N3O2. The largest absolute Gasteiger partial charge is 0.573 e. The van der Waals surface area contributed by atoms with Gasteiger partial charge in [-0.05, 0) is 42.7 Å². The maximum Gasteiger partial charge on any atom is 0.573 e. The maximum absolute atomic E-state index is 12.3. The number of carbonyl (C=O) groups excluding carboxylic acids is 1. The molecule has 3 rings (SSSR count). The molecule has 0 bridgehead atoms. The molecule has 0 atom stereocenters. The monoisotopic (exact) mass is 365 g/mol. The van der Waals surface area contributed by atoms with E-state index in [4.69, 9.17) is 0 Å². The number of hydrogen-bond acceptors (Lipinski definition) is 4. The predicted octanol–water partition coefficient (Wildman–Crippen LogP) is 3.51. The van der Waals surface area contributed by atoms with Crippen LogP contribution in [0.4, 0.5) is 18.9 Å². The molecular weight excluding hydrogens is 347 g/mol. The standard InChI is InChI=1S/C18H18F3N3O2/c19-18(20,21)26-15-5-3-13(4-6-15)12-23-17(25)16-11-14(7-8-22-16)24-9-1-2-10-24/h3-8,11H,1-2,9-10,12H2,(H,23,25). The molecule has 0 radical (unpaired) electrons. The summed E-state index contributed by atoms with van der Waals surface area (Å²) < 4.78 is 40.2. The zero-order valence-electron chi connectivity index (χ0n) is 13.9. The molecule has 26 heavy (non-hydrogen) atoms. The molecule has 2 aromatic rings. The summed E-state index contributed by atoms with van der Waals surface area (Å²) in [4.78, 5) is 18.6. The zero-order chi connectivity index (χ0) is 18.6. The van der Waals surface area contributed by atoms with Crippen molar-refractivity contribution in [2.75, 3.05) is 18.0 Å². The summed E-state index contributed by atoms with van der Waals surface area (Å²) in [5.41, 5.74) is 1.94. The molecule has 1 fully saturated rings. The first kappa shape index (κ1) is 18.0. The van der Waals surface area contributed by atoms with Crippen molar-refractivity contribution in [3.63, 3.8) is 0 Å². The van der Waals surface area contributed by atoms with Crippen LogP contribution in [0.5, 0.6) is 5.75 Å². The number of anilines is 1. The lowest BCUT2D eigenvalue weighted by molar-refractivity contribution is -0.274. The van der Waals surface area contributed by atoms with E-state index in [-0.39, 0.29) is 18.2 Å². The van der Waals surface area contributed by atoms with E-state index in [9.17, 15) is 18.0 Å². The first-order valence-corrected chi connectivity index (χ1v) is 8.25. The van der Waals surface area contributed by atoms with E-state index in [1.807, 2.05) is 6.07 Å². The van der Waals surface area contributed by atoms with Crippen molar-refractivity contribution in [3.8, 4) is 5.75 Å². The highest BCUT2D eigenvalue weighted by molar-refractivity contribution is 5.93. The normalized spacial score (nSPS) is 14.3. The SMILES string of the molecule is O=C(NCc1ccc(OC(F)(F)F)cc1)c1cc(N2CCCC2)ccn1. The van der Waals surface area contributed by atoms with Crippen LogP contribution in [0.15, 0.2) is 42.6 Å². The van der Waals surface area contributed by atoms with Crippen molar-refractivity contribution < 1.29 is 22.7 Å². The fourth-order valence-electron chi connectivity index (χ4n) is 2.80. The Hall–Kier alpha value is -2.77. The Morgan fingerprint density at radius 2 is 1.85 bits per heavy atom. The number of halogens is 3. The summed E-state index contributed by atoms with van der Waals surface area (Å²) in [7, 11) is 0. The lowest BCUT2D eigenvalue weighted by atomic mass is 10.2. The number of rotatable bonds is 5. The van der Waals surface area contributed by atoms with Gasteiger partial charge in [0.1, 0.15) is 11.4 Å². The average Bonchev–Trinajstić information content (AvgIpc) is 3.14. The third-order valence-corrected chi connectivity index (χ3v) is 4.06. The van der Waals surface area contributed by atoms with E-state index in [1.54, 1.807) is 12.3 Å². The van der Waals surface area contributed by atoms with Crippen LogP contribution >= 0.6 is 0 Å². The highest BCUT2D eigenvalue weighted by Crippen LogP contribution is 2.23. The van der Waals surface area contributed by atoms with Gasteiger partial charge in [0.05, 0.1) is 0 Å². The second-order valence-electron chi connectivity index (χ2n) is 5.97. The number of benzene rings is 1. The van der Waals surface area contributed by atoms with Crippen molar-refractivity contribution in [1.82, 2.24) is 10.3 Å². The minimum Gasteiger partial charge on any atom is -0.406 e. The quantitative estimate of drug-likeness (QED) is 0.881. The van der Waals surface area contributed by atoms with E-state index in [2.05, 4.69) is 19.9 Å². The Labute approximate surface area is 148 Å². The number of amides is 1. The second kappa shape index (κ2) is 7.63. The molecule has 1 aromatic heterocycles. The van der Waals surface area contributed by atoms with Crippen LogP contribution in [0, 0.1) is 0 Å². The molecule has 1 aromatic carbocycles. The van der Waals surface area contributed by atoms with E-state index >= 15 is 0 Å². The number of nitrogens with one attached hydrogen (secondary N) is 1. The van der Waals surface area contributed by atoms with Crippen LogP contribution in [-0.4, -0.2) is 30.3 Å². The van der Waals surface area contributed by atoms with Gasteiger partial charge in [-0.25, -0.2) is 0 Å². The second-order valence-corrected chi connectivity index (χ2v) is 5.97. The number of hydrogen-bond donors (Lipinski definition) is 1. The number of nitrogens with zero attached hydrogens (tertiary/aromatic N) is 2. The average molecular weight is 365 g/mol. The van der Waals surface area contributed by atoms with Crippen molar-refractivity contribution in [2.24, 2.45) is 0 Å². The molecule has 1 saturated heterocycles. The third-order valence-electron chi connectivity index (χ3n) is 4.06. The van der Waals surface area contributed by atoms with Gasteiger partial charge >= 0.3 is 6.36 Å². The minimum absolute atomic E-state index is 0.181. The van der Waals surface area contributed by atoms with Crippen molar-refractivity contribution in [2.45, 2.75) is 25.7 Å². The van der Waals surface area contributed by atoms with Gasteiger partial charge in [-0.3, -0.25) is 9.78 Å². The van der Waals surface area contributed by atoms with Crippen LogP contribution < -0.4 is 15.0 Å². The first-order chi connectivity index (χ1) is 12.4. The number of ether oxygens (including phenoxy) is 1. The smallest absolute Gasteiger partial charge is 0.406 e. The van der Waals surface area contributed by atoms with Crippen LogP contribution in [0.1, 0.15) is 28.9 Å². The van der Waals surface area contributed by atoms with Crippen LogP contribution in [0.3, 0.4) is 0 Å². The summed E-state index contributed by atoms with van der Waals surface area (Å²) >= 11 is 0. The summed E-state index contributed by atoms with van der Waals surface area (Å²) in [6.45, 7) is 2.12. The Kier molecular flexibility index (Phi) is 5.29. The Balaban J connectivity index is 1.57. The summed E-state index contributed by atoms with van der Waals surface area (Å²) in [5, 5.41) is 2.72. The fourth-order valence-corrected chi connectivity index (χ4v) is 2.80. The molecule has 0 saturated carbocycles. The molecule has 1 N–H and O–H groups in total. The van der Waals surface area contributed by atoms with E-state index in [0.29, 0.717) is 11.3 Å². The summed E-state index contributed by atoms with van der Waals surface area (Å²) in [5.74, 6) is -0.630. The van der Waals surface area contributed by atoms with E-state index < -0.39 is 6.36 Å². The topological polar surface area (TPSA) is 54.5 Å². The van der Waals surface area contributed by atoms with E-state index in [1.165, 1.54) is 24.3 Å². The van der Waals surface area contributed by atoms with Crippen molar-refractivity contribution >= 4 is 11.6 Å². The van der Waals surface area contributed by atoms with Gasteiger partial charge in [0.2, 0.25) is 0 Å². The van der Waals surface area contributed by atoms with Gasteiger partial charge in [0.25, 0.3) is 5.91 Å². The summed E-state index contributed by atoms with van der Waals surface area (Å²) in [6.07, 6.45) is -0.844. The molecule has 0 aliphatic carbocycles. The van der Waals surface area contributed by atoms with Gasteiger partial charge in [0.15, 0.2) is 0 Å². The van der Waals surface area contributed by atoms with Crippen LogP contribution in [0.25, 0.3) is 0 Å². The molecule has 0 unspecified atom stereocenters. The third kappa shape index (κ3) is 4.87. The van der Waals surface area contributed by atoms with Gasteiger partial charge in [0, 0.05) is 31.5 Å². The molecule has 1 aliphatic rings. The highest BCUT2D eigenvalue weighted by atomic mass is 19.4. The van der Waals surface area contributed by atoms with Crippen molar-refractivity contribution in [1.29, 1.82) is 0 Å².